The summed E-state index contributed by atoms with van der Waals surface area (Å²) in [7, 11) is 1.67. The van der Waals surface area contributed by atoms with Crippen molar-refractivity contribution >= 4 is 5.91 Å². The molecule has 1 aromatic carbocycles. The molecule has 6 nitrogen and oxygen atoms in total. The summed E-state index contributed by atoms with van der Waals surface area (Å²) in [5.41, 5.74) is 1.16. The van der Waals surface area contributed by atoms with E-state index in [1.165, 1.54) is 6.33 Å². The van der Waals surface area contributed by atoms with Crippen molar-refractivity contribution in [1.82, 2.24) is 19.7 Å². The Morgan fingerprint density at radius 1 is 1.43 bits per heavy atom. The van der Waals surface area contributed by atoms with Crippen LogP contribution in [-0.2, 0) is 11.3 Å². The summed E-state index contributed by atoms with van der Waals surface area (Å²) >= 11 is 0. The maximum atomic E-state index is 12.6. The minimum Gasteiger partial charge on any atom is -0.497 e. The molecule has 23 heavy (non-hydrogen) atoms. The van der Waals surface area contributed by atoms with Crippen molar-refractivity contribution in [3.8, 4) is 5.75 Å². The van der Waals surface area contributed by atoms with Crippen LogP contribution in [0, 0.1) is 0 Å². The third-order valence-corrected chi connectivity index (χ3v) is 4.30. The van der Waals surface area contributed by atoms with Crippen molar-refractivity contribution in [3.63, 3.8) is 0 Å². The quantitative estimate of drug-likeness (QED) is 0.821. The molecule has 1 amide bonds. The Bertz CT molecular complexity index is 642. The smallest absolute Gasteiger partial charge is 0.223 e. The number of ether oxygens (including phenoxy) is 1. The van der Waals surface area contributed by atoms with Gasteiger partial charge in [0.25, 0.3) is 0 Å². The van der Waals surface area contributed by atoms with Crippen LogP contribution in [0.15, 0.2) is 36.9 Å². The van der Waals surface area contributed by atoms with E-state index in [1.54, 1.807) is 18.1 Å². The second kappa shape index (κ2) is 7.26. The lowest BCUT2D eigenvalue weighted by Crippen LogP contribution is -2.30. The third-order valence-electron chi connectivity index (χ3n) is 4.30. The van der Waals surface area contributed by atoms with Crippen LogP contribution < -0.4 is 4.74 Å². The van der Waals surface area contributed by atoms with Crippen molar-refractivity contribution in [2.45, 2.75) is 38.3 Å². The predicted octanol–water partition coefficient (Wildman–Crippen LogP) is 2.43. The summed E-state index contributed by atoms with van der Waals surface area (Å²) < 4.78 is 7.06. The Balaban J connectivity index is 1.60. The highest BCUT2D eigenvalue weighted by molar-refractivity contribution is 5.77. The zero-order valence-electron chi connectivity index (χ0n) is 13.4. The van der Waals surface area contributed by atoms with Gasteiger partial charge in [-0.2, -0.15) is 5.10 Å². The van der Waals surface area contributed by atoms with E-state index in [1.807, 2.05) is 23.1 Å². The van der Waals surface area contributed by atoms with E-state index in [0.29, 0.717) is 6.42 Å². The summed E-state index contributed by atoms with van der Waals surface area (Å²) in [4.78, 5) is 18.5. The van der Waals surface area contributed by atoms with Crippen LogP contribution in [-0.4, -0.2) is 39.2 Å². The molecule has 1 fully saturated rings. The number of methoxy groups -OCH3 is 1. The van der Waals surface area contributed by atoms with Gasteiger partial charge in [-0.05, 0) is 37.0 Å². The van der Waals surface area contributed by atoms with Gasteiger partial charge in [0.1, 0.15) is 18.4 Å². The van der Waals surface area contributed by atoms with Crippen molar-refractivity contribution in [2.24, 2.45) is 0 Å². The van der Waals surface area contributed by atoms with Crippen LogP contribution in [0.25, 0.3) is 0 Å². The summed E-state index contributed by atoms with van der Waals surface area (Å²) in [6.45, 7) is 1.56. The summed E-state index contributed by atoms with van der Waals surface area (Å²) in [5.74, 6) is 1.06. The average molecular weight is 314 g/mol. The lowest BCUT2D eigenvalue weighted by atomic mass is 10.0. The lowest BCUT2D eigenvalue weighted by molar-refractivity contribution is -0.132. The van der Waals surface area contributed by atoms with Gasteiger partial charge in [-0.15, -0.1) is 0 Å². The van der Waals surface area contributed by atoms with Crippen molar-refractivity contribution in [2.75, 3.05) is 13.7 Å². The van der Waals surface area contributed by atoms with Gasteiger partial charge >= 0.3 is 0 Å². The Morgan fingerprint density at radius 3 is 3.13 bits per heavy atom. The maximum Gasteiger partial charge on any atom is 0.223 e. The van der Waals surface area contributed by atoms with E-state index >= 15 is 0 Å². The Kier molecular flexibility index (Phi) is 4.90. The predicted molar refractivity (Wildman–Crippen MR) is 85.9 cm³/mol. The Hall–Kier alpha value is -2.37. The van der Waals surface area contributed by atoms with E-state index in [2.05, 4.69) is 16.1 Å². The normalized spacial score (nSPS) is 17.4. The highest BCUT2D eigenvalue weighted by Gasteiger charge is 2.29. The number of aryl methyl sites for hydroxylation is 1. The minimum absolute atomic E-state index is 0.170. The molecule has 0 spiro atoms. The molecule has 0 bridgehead atoms. The summed E-state index contributed by atoms with van der Waals surface area (Å²) in [6, 6.07) is 8.20. The molecule has 0 saturated carbocycles. The first kappa shape index (κ1) is 15.5. The number of nitrogens with zero attached hydrogens (tertiary/aromatic N) is 4. The van der Waals surface area contributed by atoms with E-state index in [0.717, 1.165) is 43.7 Å². The fraction of sp³-hybridized carbons (Fsp3) is 0.471. The highest BCUT2D eigenvalue weighted by atomic mass is 16.5. The maximum absolute atomic E-state index is 12.6. The molecule has 0 unspecified atom stereocenters. The van der Waals surface area contributed by atoms with Gasteiger partial charge in [-0.3, -0.25) is 9.48 Å². The number of rotatable bonds is 6. The van der Waals surface area contributed by atoms with E-state index < -0.39 is 0 Å². The number of carbonyl (C=O) groups is 1. The number of benzene rings is 1. The van der Waals surface area contributed by atoms with Crippen molar-refractivity contribution < 1.29 is 9.53 Å². The number of likely N-dealkylation sites (tertiary alicyclic amines) is 1. The molecule has 2 heterocycles. The van der Waals surface area contributed by atoms with Crippen molar-refractivity contribution in [1.29, 1.82) is 0 Å². The highest BCUT2D eigenvalue weighted by Crippen LogP contribution is 2.33. The Labute approximate surface area is 136 Å². The number of amides is 1. The zero-order chi connectivity index (χ0) is 16.1. The van der Waals surface area contributed by atoms with E-state index in [9.17, 15) is 4.79 Å². The molecular formula is C17H22N4O2. The first-order valence-corrected chi connectivity index (χ1v) is 8.04. The second-order valence-electron chi connectivity index (χ2n) is 5.78. The molecule has 1 atom stereocenters. The lowest BCUT2D eigenvalue weighted by Gasteiger charge is -2.25. The summed E-state index contributed by atoms with van der Waals surface area (Å²) in [5, 5.41) is 4.06. The number of hydrogen-bond donors (Lipinski definition) is 0. The first-order valence-electron chi connectivity index (χ1n) is 8.04. The molecule has 1 aromatic heterocycles. The molecule has 0 aliphatic carbocycles. The average Bonchev–Trinajstić information content (AvgIpc) is 3.26. The van der Waals surface area contributed by atoms with Crippen LogP contribution in [0.5, 0.6) is 5.75 Å². The monoisotopic (exact) mass is 314 g/mol. The van der Waals surface area contributed by atoms with Gasteiger partial charge in [0.05, 0.1) is 13.2 Å². The van der Waals surface area contributed by atoms with Crippen LogP contribution in [0.1, 0.15) is 37.3 Å². The van der Waals surface area contributed by atoms with E-state index in [-0.39, 0.29) is 11.9 Å². The molecule has 2 aromatic rings. The largest absolute Gasteiger partial charge is 0.497 e. The van der Waals surface area contributed by atoms with Gasteiger partial charge < -0.3 is 9.64 Å². The molecule has 1 saturated heterocycles. The summed E-state index contributed by atoms with van der Waals surface area (Å²) in [6.07, 6.45) is 6.59. The minimum atomic E-state index is 0.170. The number of hydrogen-bond acceptors (Lipinski definition) is 4. The van der Waals surface area contributed by atoms with Crippen LogP contribution in [0.2, 0.25) is 0 Å². The second-order valence-corrected chi connectivity index (χ2v) is 5.78. The standard InChI is InChI=1S/C17H22N4O2/c1-23-15-6-2-5-14(11-15)16-7-3-10-21(16)17(22)8-4-9-20-13-18-12-19-20/h2,5-6,11-13,16H,3-4,7-10H2,1H3/t16-/m0/s1. The van der Waals surface area contributed by atoms with Crippen LogP contribution in [0.4, 0.5) is 0 Å². The molecule has 122 valence electrons. The molecule has 1 aliphatic rings. The van der Waals surface area contributed by atoms with Crippen LogP contribution in [0.3, 0.4) is 0 Å². The van der Waals surface area contributed by atoms with Gasteiger partial charge in [0.15, 0.2) is 0 Å². The molecule has 3 rings (SSSR count). The molecule has 6 heteroatoms. The van der Waals surface area contributed by atoms with E-state index in [4.69, 9.17) is 4.74 Å². The molecule has 1 aliphatic heterocycles. The fourth-order valence-electron chi connectivity index (χ4n) is 3.14. The zero-order valence-corrected chi connectivity index (χ0v) is 13.4. The molecular weight excluding hydrogens is 292 g/mol. The van der Waals surface area contributed by atoms with Gasteiger partial charge in [0, 0.05) is 19.5 Å². The van der Waals surface area contributed by atoms with Gasteiger partial charge in [0.2, 0.25) is 5.91 Å². The number of aromatic nitrogens is 3. The topological polar surface area (TPSA) is 60.2 Å². The van der Waals surface area contributed by atoms with Gasteiger partial charge in [-0.25, -0.2) is 4.98 Å². The molecule has 0 radical (unpaired) electrons. The fourth-order valence-corrected chi connectivity index (χ4v) is 3.14. The van der Waals surface area contributed by atoms with Crippen LogP contribution >= 0.6 is 0 Å². The molecule has 0 N–H and O–H groups in total. The van der Waals surface area contributed by atoms with Crippen molar-refractivity contribution in [3.05, 3.63) is 42.5 Å². The SMILES string of the molecule is COc1cccc([C@@H]2CCCN2C(=O)CCCn2cncn2)c1. The number of carbonyl (C=O) groups excluding carboxylic acids is 1. The van der Waals surface area contributed by atoms with Gasteiger partial charge in [-0.1, -0.05) is 12.1 Å². The first-order chi connectivity index (χ1) is 11.3. The Morgan fingerprint density at radius 2 is 2.35 bits per heavy atom. The third kappa shape index (κ3) is 3.70.